The second kappa shape index (κ2) is 5.40. The summed E-state index contributed by atoms with van der Waals surface area (Å²) in [5.74, 6) is 1.04. The van der Waals surface area contributed by atoms with Gasteiger partial charge in [0.25, 0.3) is 0 Å². The molecule has 1 saturated heterocycles. The number of hydrogen-bond acceptors (Lipinski definition) is 4. The van der Waals surface area contributed by atoms with Gasteiger partial charge in [-0.2, -0.15) is 5.26 Å². The van der Waals surface area contributed by atoms with Crippen LogP contribution in [0.3, 0.4) is 0 Å². The Morgan fingerprint density at radius 2 is 1.83 bits per heavy atom. The first-order valence-corrected chi connectivity index (χ1v) is 7.86. The van der Waals surface area contributed by atoms with Crippen LogP contribution < -0.4 is 5.32 Å². The van der Waals surface area contributed by atoms with Crippen LogP contribution in [0.25, 0.3) is 0 Å². The summed E-state index contributed by atoms with van der Waals surface area (Å²) in [4.78, 5) is 0. The van der Waals surface area contributed by atoms with Crippen molar-refractivity contribution in [2.75, 3.05) is 23.4 Å². The SMILES string of the molecule is N#Cc1ccc(NCC2CCS(=O)(=O)CC2)cc1. The summed E-state index contributed by atoms with van der Waals surface area (Å²) in [7, 11) is -2.77. The average molecular weight is 264 g/mol. The maximum atomic E-state index is 11.3. The van der Waals surface area contributed by atoms with Crippen LogP contribution in [0.5, 0.6) is 0 Å². The lowest BCUT2D eigenvalue weighted by molar-refractivity contribution is 0.484. The van der Waals surface area contributed by atoms with Gasteiger partial charge in [-0.25, -0.2) is 8.42 Å². The molecule has 96 valence electrons. The van der Waals surface area contributed by atoms with Crippen molar-refractivity contribution in [2.24, 2.45) is 5.92 Å². The van der Waals surface area contributed by atoms with Gasteiger partial charge < -0.3 is 5.32 Å². The Morgan fingerprint density at radius 1 is 1.22 bits per heavy atom. The van der Waals surface area contributed by atoms with E-state index in [1.807, 2.05) is 12.1 Å². The fourth-order valence-electron chi connectivity index (χ4n) is 2.07. The van der Waals surface area contributed by atoms with Crippen molar-refractivity contribution in [1.82, 2.24) is 0 Å². The van der Waals surface area contributed by atoms with Crippen LogP contribution in [0, 0.1) is 17.2 Å². The Balaban J connectivity index is 1.83. The Kier molecular flexibility index (Phi) is 3.87. The van der Waals surface area contributed by atoms with Gasteiger partial charge >= 0.3 is 0 Å². The van der Waals surface area contributed by atoms with E-state index in [1.54, 1.807) is 12.1 Å². The van der Waals surface area contributed by atoms with E-state index in [0.717, 1.165) is 25.1 Å². The second-order valence-electron chi connectivity index (χ2n) is 4.67. The highest BCUT2D eigenvalue weighted by atomic mass is 32.2. The highest BCUT2D eigenvalue weighted by molar-refractivity contribution is 7.91. The number of hydrogen-bond donors (Lipinski definition) is 1. The minimum absolute atomic E-state index is 0.312. The molecule has 1 aromatic carbocycles. The van der Waals surface area contributed by atoms with Gasteiger partial charge in [-0.05, 0) is 43.0 Å². The summed E-state index contributed by atoms with van der Waals surface area (Å²) < 4.78 is 22.6. The zero-order chi connectivity index (χ0) is 13.0. The molecule has 0 atom stereocenters. The van der Waals surface area contributed by atoms with E-state index in [9.17, 15) is 8.42 Å². The molecule has 0 saturated carbocycles. The first kappa shape index (κ1) is 12.9. The van der Waals surface area contributed by atoms with E-state index in [0.29, 0.717) is 23.0 Å². The minimum atomic E-state index is -2.77. The van der Waals surface area contributed by atoms with Crippen molar-refractivity contribution in [2.45, 2.75) is 12.8 Å². The van der Waals surface area contributed by atoms with E-state index in [4.69, 9.17) is 5.26 Å². The predicted octanol–water partition coefficient (Wildman–Crippen LogP) is 1.79. The molecule has 1 N–H and O–H groups in total. The molecule has 0 radical (unpaired) electrons. The first-order chi connectivity index (χ1) is 8.59. The molecule has 0 unspecified atom stereocenters. The van der Waals surface area contributed by atoms with Gasteiger partial charge in [-0.1, -0.05) is 0 Å². The predicted molar refractivity (Wildman–Crippen MR) is 71.0 cm³/mol. The van der Waals surface area contributed by atoms with Crippen molar-refractivity contribution < 1.29 is 8.42 Å². The molecular formula is C13H16N2O2S. The highest BCUT2D eigenvalue weighted by Crippen LogP contribution is 2.19. The summed E-state index contributed by atoms with van der Waals surface area (Å²) >= 11 is 0. The quantitative estimate of drug-likeness (QED) is 0.903. The Bertz CT molecular complexity index is 529. The fraction of sp³-hybridized carbons (Fsp3) is 0.462. The Hall–Kier alpha value is -1.54. The second-order valence-corrected chi connectivity index (χ2v) is 6.97. The van der Waals surface area contributed by atoms with Crippen LogP contribution >= 0.6 is 0 Å². The molecule has 0 amide bonds. The van der Waals surface area contributed by atoms with E-state index in [1.165, 1.54) is 0 Å². The number of nitrogens with zero attached hydrogens (tertiary/aromatic N) is 1. The van der Waals surface area contributed by atoms with Gasteiger partial charge in [0.2, 0.25) is 0 Å². The molecule has 4 nitrogen and oxygen atoms in total. The lowest BCUT2D eigenvalue weighted by Gasteiger charge is -2.22. The number of benzene rings is 1. The minimum Gasteiger partial charge on any atom is -0.385 e. The summed E-state index contributed by atoms with van der Waals surface area (Å²) in [6.45, 7) is 0.793. The zero-order valence-corrected chi connectivity index (χ0v) is 10.9. The zero-order valence-electron chi connectivity index (χ0n) is 10.1. The summed E-state index contributed by atoms with van der Waals surface area (Å²) in [5, 5.41) is 12.0. The van der Waals surface area contributed by atoms with Crippen LogP contribution in [-0.4, -0.2) is 26.5 Å². The van der Waals surface area contributed by atoms with Gasteiger partial charge in [-0.15, -0.1) is 0 Å². The molecule has 0 aromatic heterocycles. The molecule has 1 fully saturated rings. The van der Waals surface area contributed by atoms with E-state index < -0.39 is 9.84 Å². The van der Waals surface area contributed by atoms with E-state index in [2.05, 4.69) is 11.4 Å². The van der Waals surface area contributed by atoms with Gasteiger partial charge in [0, 0.05) is 12.2 Å². The number of nitriles is 1. The third-order valence-electron chi connectivity index (χ3n) is 3.28. The number of rotatable bonds is 3. The molecule has 0 aliphatic carbocycles. The average Bonchev–Trinajstić information content (AvgIpc) is 2.38. The normalized spacial score (nSPS) is 19.1. The number of sulfone groups is 1. The topological polar surface area (TPSA) is 70.0 Å². The van der Waals surface area contributed by atoms with Crippen molar-refractivity contribution in [3.8, 4) is 6.07 Å². The molecule has 2 rings (SSSR count). The molecule has 18 heavy (non-hydrogen) atoms. The fourth-order valence-corrected chi connectivity index (χ4v) is 3.66. The van der Waals surface area contributed by atoms with Gasteiger partial charge in [0.05, 0.1) is 23.1 Å². The summed E-state index contributed by atoms with van der Waals surface area (Å²) in [5.41, 5.74) is 1.62. The molecule has 0 spiro atoms. The van der Waals surface area contributed by atoms with E-state index in [-0.39, 0.29) is 0 Å². The molecule has 5 heteroatoms. The lowest BCUT2D eigenvalue weighted by atomic mass is 10.0. The van der Waals surface area contributed by atoms with Crippen LogP contribution in [-0.2, 0) is 9.84 Å². The molecular weight excluding hydrogens is 248 g/mol. The van der Waals surface area contributed by atoms with Crippen molar-refractivity contribution >= 4 is 15.5 Å². The largest absolute Gasteiger partial charge is 0.385 e. The standard InChI is InChI=1S/C13H16N2O2S/c14-9-11-1-3-13(4-2-11)15-10-12-5-7-18(16,17)8-6-12/h1-4,12,15H,5-8,10H2. The Labute approximate surface area is 108 Å². The lowest BCUT2D eigenvalue weighted by Crippen LogP contribution is -2.27. The van der Waals surface area contributed by atoms with Crippen LogP contribution in [0.4, 0.5) is 5.69 Å². The number of anilines is 1. The molecule has 1 heterocycles. The first-order valence-electron chi connectivity index (χ1n) is 6.03. The van der Waals surface area contributed by atoms with Gasteiger partial charge in [0.15, 0.2) is 0 Å². The molecule has 0 bridgehead atoms. The van der Waals surface area contributed by atoms with Gasteiger partial charge in [-0.3, -0.25) is 0 Å². The van der Waals surface area contributed by atoms with Crippen LogP contribution in [0.2, 0.25) is 0 Å². The summed E-state index contributed by atoms with van der Waals surface area (Å²) in [6.07, 6.45) is 1.48. The van der Waals surface area contributed by atoms with Crippen molar-refractivity contribution in [3.05, 3.63) is 29.8 Å². The summed E-state index contributed by atoms with van der Waals surface area (Å²) in [6, 6.07) is 9.36. The van der Waals surface area contributed by atoms with Crippen LogP contribution in [0.1, 0.15) is 18.4 Å². The molecule has 1 aliphatic heterocycles. The monoisotopic (exact) mass is 264 g/mol. The van der Waals surface area contributed by atoms with Crippen molar-refractivity contribution in [3.63, 3.8) is 0 Å². The molecule has 1 aliphatic rings. The van der Waals surface area contributed by atoms with Crippen molar-refractivity contribution in [1.29, 1.82) is 5.26 Å². The number of nitrogens with one attached hydrogen (secondary N) is 1. The highest BCUT2D eigenvalue weighted by Gasteiger charge is 2.23. The maximum Gasteiger partial charge on any atom is 0.150 e. The van der Waals surface area contributed by atoms with Crippen LogP contribution in [0.15, 0.2) is 24.3 Å². The maximum absolute atomic E-state index is 11.3. The Morgan fingerprint density at radius 3 is 2.39 bits per heavy atom. The smallest absolute Gasteiger partial charge is 0.150 e. The van der Waals surface area contributed by atoms with E-state index >= 15 is 0 Å². The third kappa shape index (κ3) is 3.47. The molecule has 1 aromatic rings. The third-order valence-corrected chi connectivity index (χ3v) is 5.00. The van der Waals surface area contributed by atoms with Gasteiger partial charge in [0.1, 0.15) is 9.84 Å².